The number of benzene rings is 1. The van der Waals surface area contributed by atoms with Crippen molar-refractivity contribution in [3.8, 4) is 5.75 Å². The first kappa shape index (κ1) is 28.4. The molecule has 7 N–H and O–H groups in total. The van der Waals surface area contributed by atoms with Crippen molar-refractivity contribution in [2.24, 2.45) is 17.6 Å². The molecule has 39 heavy (non-hydrogen) atoms. The molecule has 0 radical (unpaired) electrons. The lowest BCUT2D eigenvalue weighted by Gasteiger charge is -2.50. The Kier molecular flexibility index (Phi) is 7.43. The molecule has 0 spiro atoms. The number of rotatable bonds is 8. The molecule has 1 unspecified atom stereocenters. The maximum atomic E-state index is 13.8. The van der Waals surface area contributed by atoms with E-state index in [0.29, 0.717) is 12.1 Å². The number of phenols is 1. The fourth-order valence-electron chi connectivity index (χ4n) is 6.07. The van der Waals surface area contributed by atoms with E-state index in [4.69, 9.17) is 10.5 Å². The number of methoxy groups -OCH3 is 1. The number of nitrogens with zero attached hydrogens (tertiary/aromatic N) is 1. The van der Waals surface area contributed by atoms with E-state index in [1.807, 2.05) is 6.92 Å². The molecule has 0 aromatic heterocycles. The van der Waals surface area contributed by atoms with Crippen LogP contribution in [0.25, 0.3) is 5.76 Å². The van der Waals surface area contributed by atoms with E-state index in [2.05, 4.69) is 5.32 Å². The number of carbonyl (C=O) groups is 4. The van der Waals surface area contributed by atoms with Gasteiger partial charge in [0, 0.05) is 30.7 Å². The van der Waals surface area contributed by atoms with Crippen molar-refractivity contribution >= 4 is 29.0 Å². The normalized spacial score (nSPS) is 27.3. The molecule has 3 aliphatic rings. The van der Waals surface area contributed by atoms with Crippen LogP contribution in [0.3, 0.4) is 0 Å². The number of primary amides is 1. The maximum Gasteiger partial charge on any atom is 0.255 e. The number of aromatic hydroxyl groups is 1. The van der Waals surface area contributed by atoms with Gasteiger partial charge in [-0.2, -0.15) is 0 Å². The number of carbonyl (C=O) groups excluding carboxylic acids is 4. The number of nitrogens with two attached hydrogens (primary N) is 1. The van der Waals surface area contributed by atoms with Crippen LogP contribution in [0.4, 0.5) is 0 Å². The smallest absolute Gasteiger partial charge is 0.255 e. The van der Waals surface area contributed by atoms with Crippen molar-refractivity contribution in [3.05, 3.63) is 45.7 Å². The lowest BCUT2D eigenvalue weighted by Crippen LogP contribution is -2.65. The second-order valence-electron chi connectivity index (χ2n) is 10.5. The topological polar surface area (TPSA) is 200 Å². The minimum atomic E-state index is -2.71. The van der Waals surface area contributed by atoms with Gasteiger partial charge in [-0.3, -0.25) is 24.1 Å². The summed E-state index contributed by atoms with van der Waals surface area (Å²) in [5, 5.41) is 47.4. The van der Waals surface area contributed by atoms with Gasteiger partial charge in [-0.05, 0) is 57.5 Å². The number of Topliss-reactive ketones (excluding diaryl/α,β-unsaturated/α-hetero) is 3. The molecule has 1 aromatic rings. The molecule has 5 atom stereocenters. The van der Waals surface area contributed by atoms with Crippen LogP contribution in [0.15, 0.2) is 29.0 Å². The Hall–Kier alpha value is -3.58. The first-order valence-electron chi connectivity index (χ1n) is 12.5. The molecular weight excluding hydrogens is 510 g/mol. The number of ether oxygens (including phenoxy) is 1. The average molecular weight is 544 g/mol. The number of nitrogens with one attached hydrogen (secondary N) is 1. The third kappa shape index (κ3) is 4.33. The van der Waals surface area contributed by atoms with Gasteiger partial charge in [0.25, 0.3) is 5.91 Å². The Morgan fingerprint density at radius 3 is 2.49 bits per heavy atom. The summed E-state index contributed by atoms with van der Waals surface area (Å²) in [6.45, 7) is 2.21. The first-order chi connectivity index (χ1) is 18.3. The molecular formula is C27H33N3O9. The quantitative estimate of drug-likeness (QED) is 0.187. The number of fused-ring (bicyclic) bond motifs is 3. The van der Waals surface area contributed by atoms with E-state index in [9.17, 15) is 39.6 Å². The molecule has 1 amide bonds. The highest BCUT2D eigenvalue weighted by molar-refractivity contribution is 6.24. The molecule has 1 aromatic carbocycles. The van der Waals surface area contributed by atoms with Crippen molar-refractivity contribution in [3.63, 3.8) is 0 Å². The van der Waals surface area contributed by atoms with Crippen LogP contribution in [0.5, 0.6) is 5.75 Å². The second-order valence-corrected chi connectivity index (χ2v) is 10.5. The van der Waals surface area contributed by atoms with Crippen molar-refractivity contribution in [1.82, 2.24) is 10.2 Å². The number of phenolic OH excluding ortho intramolecular Hbond substituents is 1. The number of hydrogen-bond acceptors (Lipinski definition) is 11. The SMILES string of the molecule is COC(C)CNCC(=O)c1ccc(O)c2c1C[C@H]1C[C@H]3[C@H](N(C)C)C(=O)C(C(N)=O)=C(O)[C@@]3(O)C(=O)C1=C2O. The Morgan fingerprint density at radius 2 is 1.90 bits per heavy atom. The summed E-state index contributed by atoms with van der Waals surface area (Å²) < 4.78 is 5.17. The molecule has 0 heterocycles. The maximum absolute atomic E-state index is 13.8. The van der Waals surface area contributed by atoms with Crippen LogP contribution in [0.2, 0.25) is 0 Å². The Morgan fingerprint density at radius 1 is 1.23 bits per heavy atom. The number of amides is 1. The van der Waals surface area contributed by atoms with Gasteiger partial charge in [0.05, 0.1) is 24.3 Å². The van der Waals surface area contributed by atoms with E-state index < -0.39 is 58.0 Å². The van der Waals surface area contributed by atoms with Crippen molar-refractivity contribution in [2.75, 3.05) is 34.3 Å². The molecule has 12 heteroatoms. The Bertz CT molecular complexity index is 1330. The number of hydrogen-bond donors (Lipinski definition) is 6. The highest BCUT2D eigenvalue weighted by Crippen LogP contribution is 2.52. The van der Waals surface area contributed by atoms with Crippen molar-refractivity contribution in [1.29, 1.82) is 0 Å². The van der Waals surface area contributed by atoms with Gasteiger partial charge in [0.15, 0.2) is 17.2 Å². The number of ketones is 3. The van der Waals surface area contributed by atoms with Crippen LogP contribution in [-0.2, 0) is 25.5 Å². The summed E-state index contributed by atoms with van der Waals surface area (Å²) in [6, 6.07) is 1.49. The summed E-state index contributed by atoms with van der Waals surface area (Å²) in [5.41, 5.74) is 1.91. The van der Waals surface area contributed by atoms with Crippen molar-refractivity contribution < 1.29 is 44.3 Å². The molecule has 4 rings (SSSR count). The van der Waals surface area contributed by atoms with Gasteiger partial charge < -0.3 is 36.2 Å². The number of likely N-dealkylation sites (N-methyl/N-ethyl adjacent to an activating group) is 1. The Balaban J connectivity index is 1.83. The minimum Gasteiger partial charge on any atom is -0.508 e. The van der Waals surface area contributed by atoms with Crippen LogP contribution in [-0.4, -0.2) is 101 Å². The van der Waals surface area contributed by atoms with Crippen LogP contribution in [0, 0.1) is 11.8 Å². The van der Waals surface area contributed by atoms with E-state index >= 15 is 0 Å². The van der Waals surface area contributed by atoms with Gasteiger partial charge in [-0.25, -0.2) is 0 Å². The third-order valence-corrected chi connectivity index (χ3v) is 8.02. The van der Waals surface area contributed by atoms with E-state index in [1.54, 1.807) is 7.11 Å². The monoisotopic (exact) mass is 543 g/mol. The summed E-state index contributed by atoms with van der Waals surface area (Å²) >= 11 is 0. The summed E-state index contributed by atoms with van der Waals surface area (Å²) in [5.74, 6) is -7.66. The molecule has 1 saturated carbocycles. The highest BCUT2D eigenvalue weighted by Gasteiger charge is 2.64. The largest absolute Gasteiger partial charge is 0.508 e. The lowest BCUT2D eigenvalue weighted by atomic mass is 9.57. The van der Waals surface area contributed by atoms with Gasteiger partial charge in [-0.1, -0.05) is 0 Å². The molecule has 1 fully saturated rings. The predicted molar refractivity (Wildman–Crippen MR) is 138 cm³/mol. The molecule has 12 nitrogen and oxygen atoms in total. The van der Waals surface area contributed by atoms with Crippen LogP contribution >= 0.6 is 0 Å². The molecule has 210 valence electrons. The van der Waals surface area contributed by atoms with Crippen molar-refractivity contribution in [2.45, 2.75) is 37.5 Å². The fourth-order valence-corrected chi connectivity index (χ4v) is 6.07. The van der Waals surface area contributed by atoms with Gasteiger partial charge >= 0.3 is 0 Å². The average Bonchev–Trinajstić information content (AvgIpc) is 2.85. The Labute approximate surface area is 224 Å². The lowest BCUT2D eigenvalue weighted by molar-refractivity contribution is -0.153. The zero-order valence-electron chi connectivity index (χ0n) is 22.1. The second kappa shape index (κ2) is 10.2. The number of aliphatic hydroxyl groups excluding tert-OH is 2. The van der Waals surface area contributed by atoms with Gasteiger partial charge in [0.2, 0.25) is 5.78 Å². The van der Waals surface area contributed by atoms with Gasteiger partial charge in [0.1, 0.15) is 22.8 Å². The van der Waals surface area contributed by atoms with E-state index in [-0.39, 0.29) is 53.7 Å². The molecule has 0 saturated heterocycles. The zero-order valence-corrected chi connectivity index (χ0v) is 22.1. The van der Waals surface area contributed by atoms with Gasteiger partial charge in [-0.15, -0.1) is 0 Å². The van der Waals surface area contributed by atoms with Crippen LogP contribution in [0.1, 0.15) is 34.8 Å². The molecule has 0 bridgehead atoms. The summed E-state index contributed by atoms with van der Waals surface area (Å²) in [6.07, 6.45) is -0.145. The summed E-state index contributed by atoms with van der Waals surface area (Å²) in [7, 11) is 4.61. The van der Waals surface area contributed by atoms with Crippen LogP contribution < -0.4 is 11.1 Å². The zero-order chi connectivity index (χ0) is 29.0. The fraction of sp³-hybridized carbons (Fsp3) is 0.481. The molecule has 0 aliphatic heterocycles. The standard InChI is InChI=1S/C27H33N3O9/c1-11(39-4)9-29-10-17(32)13-5-6-16(31)19-14(13)7-12-8-15-21(30(2)3)23(34)20(26(28)37)25(36)27(15,38)24(35)18(12)22(19)33/h5-6,11-12,15,21,29,31,33,36,38H,7-10H2,1-4H3,(H2,28,37)/t11?,12-,15-,21-,27-/m0/s1. The van der Waals surface area contributed by atoms with E-state index in [1.165, 1.54) is 31.1 Å². The molecule has 3 aliphatic carbocycles. The first-order valence-corrected chi connectivity index (χ1v) is 12.5. The number of aliphatic hydroxyl groups is 3. The minimum absolute atomic E-state index is 0.0402. The predicted octanol–water partition coefficient (Wildman–Crippen LogP) is -0.229. The van der Waals surface area contributed by atoms with E-state index in [0.717, 1.165) is 0 Å². The third-order valence-electron chi connectivity index (χ3n) is 8.02. The summed E-state index contributed by atoms with van der Waals surface area (Å²) in [4.78, 5) is 53.6. The highest BCUT2D eigenvalue weighted by atomic mass is 16.5.